The van der Waals surface area contributed by atoms with Crippen LogP contribution in [0, 0.1) is 0 Å². The van der Waals surface area contributed by atoms with Gasteiger partial charge in [-0.25, -0.2) is 0 Å². The summed E-state index contributed by atoms with van der Waals surface area (Å²) in [5.41, 5.74) is 8.03. The third kappa shape index (κ3) is 1.52. The molecule has 3 rings (SSSR count). The van der Waals surface area contributed by atoms with Gasteiger partial charge < -0.3 is 14.9 Å². The van der Waals surface area contributed by atoms with Gasteiger partial charge in [-0.2, -0.15) is 5.10 Å². The summed E-state index contributed by atoms with van der Waals surface area (Å²) in [5.74, 6) is 1.47. The number of nitrogens with zero attached hydrogens (tertiary/aromatic N) is 2. The fraction of sp³-hybridized carbons (Fsp3) is 0.154. The van der Waals surface area contributed by atoms with E-state index in [0.717, 1.165) is 22.4 Å². The van der Waals surface area contributed by atoms with Gasteiger partial charge >= 0.3 is 0 Å². The van der Waals surface area contributed by atoms with Crippen molar-refractivity contribution in [2.45, 2.75) is 0 Å². The summed E-state index contributed by atoms with van der Waals surface area (Å²) in [5, 5.41) is 5.11. The van der Waals surface area contributed by atoms with E-state index in [4.69, 9.17) is 14.9 Å². The highest BCUT2D eigenvalue weighted by molar-refractivity contribution is 5.85. The topological polar surface area (TPSA) is 66.2 Å². The van der Waals surface area contributed by atoms with E-state index in [2.05, 4.69) is 5.10 Å². The van der Waals surface area contributed by atoms with Crippen LogP contribution in [0.4, 0.5) is 5.69 Å². The molecule has 0 saturated heterocycles. The SMILES string of the molecule is COc1ccc2cc(-c3c(N)cnn3C)oc2c1. The van der Waals surface area contributed by atoms with Gasteiger partial charge in [-0.05, 0) is 18.2 Å². The third-order valence-corrected chi connectivity index (χ3v) is 2.93. The molecule has 2 N–H and O–H groups in total. The fourth-order valence-corrected chi connectivity index (χ4v) is 2.01. The number of nitrogen functional groups attached to an aromatic ring is 1. The number of furan rings is 1. The van der Waals surface area contributed by atoms with E-state index in [1.165, 1.54) is 0 Å². The molecule has 0 aliphatic rings. The maximum atomic E-state index is 5.88. The summed E-state index contributed by atoms with van der Waals surface area (Å²) in [7, 11) is 3.46. The smallest absolute Gasteiger partial charge is 0.155 e. The van der Waals surface area contributed by atoms with Crippen molar-refractivity contribution in [2.75, 3.05) is 12.8 Å². The predicted molar refractivity (Wildman–Crippen MR) is 69.4 cm³/mol. The molecule has 0 amide bonds. The maximum absolute atomic E-state index is 5.88. The van der Waals surface area contributed by atoms with Gasteiger partial charge in [0.15, 0.2) is 5.76 Å². The molecule has 0 atom stereocenters. The lowest BCUT2D eigenvalue weighted by Gasteiger charge is -1.98. The van der Waals surface area contributed by atoms with Crippen LogP contribution < -0.4 is 10.5 Å². The zero-order valence-electron chi connectivity index (χ0n) is 10.2. The van der Waals surface area contributed by atoms with Crippen LogP contribution in [0.3, 0.4) is 0 Å². The molecule has 0 bridgehead atoms. The van der Waals surface area contributed by atoms with E-state index in [0.29, 0.717) is 11.4 Å². The average molecular weight is 243 g/mol. The number of methoxy groups -OCH3 is 1. The van der Waals surface area contributed by atoms with E-state index < -0.39 is 0 Å². The standard InChI is InChI=1S/C13H13N3O2/c1-16-13(10(14)7-15-16)12-5-8-3-4-9(17-2)6-11(8)18-12/h3-7H,14H2,1-2H3. The Morgan fingerprint density at radius 3 is 2.83 bits per heavy atom. The molecule has 0 saturated carbocycles. The molecule has 0 fully saturated rings. The quantitative estimate of drug-likeness (QED) is 0.750. The van der Waals surface area contributed by atoms with Crippen molar-refractivity contribution in [1.82, 2.24) is 9.78 Å². The number of nitrogens with two attached hydrogens (primary N) is 1. The highest BCUT2D eigenvalue weighted by Crippen LogP contribution is 2.32. The molecule has 18 heavy (non-hydrogen) atoms. The summed E-state index contributed by atoms with van der Waals surface area (Å²) >= 11 is 0. The van der Waals surface area contributed by atoms with E-state index in [1.54, 1.807) is 18.0 Å². The molecule has 0 spiro atoms. The zero-order valence-corrected chi connectivity index (χ0v) is 10.2. The minimum absolute atomic E-state index is 0.600. The molecule has 0 aliphatic carbocycles. The Hall–Kier alpha value is -2.43. The summed E-state index contributed by atoms with van der Waals surface area (Å²) in [6.07, 6.45) is 1.61. The summed E-state index contributed by atoms with van der Waals surface area (Å²) < 4.78 is 12.7. The number of hydrogen-bond acceptors (Lipinski definition) is 4. The van der Waals surface area contributed by atoms with Gasteiger partial charge in [-0.1, -0.05) is 0 Å². The van der Waals surface area contributed by atoms with Crippen molar-refractivity contribution >= 4 is 16.7 Å². The first-order valence-corrected chi connectivity index (χ1v) is 5.54. The fourth-order valence-electron chi connectivity index (χ4n) is 2.01. The van der Waals surface area contributed by atoms with Gasteiger partial charge in [0.25, 0.3) is 0 Å². The largest absolute Gasteiger partial charge is 0.497 e. The van der Waals surface area contributed by atoms with Crippen molar-refractivity contribution < 1.29 is 9.15 Å². The Morgan fingerprint density at radius 2 is 2.17 bits per heavy atom. The minimum Gasteiger partial charge on any atom is -0.497 e. The molecule has 2 heterocycles. The number of rotatable bonds is 2. The summed E-state index contributed by atoms with van der Waals surface area (Å²) in [6.45, 7) is 0. The van der Waals surface area contributed by atoms with Crippen molar-refractivity contribution in [2.24, 2.45) is 7.05 Å². The normalized spacial score (nSPS) is 11.0. The Labute approximate surface area is 104 Å². The molecule has 1 aromatic carbocycles. The number of aryl methyl sites for hydroxylation is 1. The Kier molecular flexibility index (Phi) is 2.26. The summed E-state index contributed by atoms with van der Waals surface area (Å²) in [4.78, 5) is 0. The Morgan fingerprint density at radius 1 is 1.33 bits per heavy atom. The molecular formula is C13H13N3O2. The number of fused-ring (bicyclic) bond motifs is 1. The van der Waals surface area contributed by atoms with Gasteiger partial charge in [-0.15, -0.1) is 0 Å². The molecule has 5 heteroatoms. The van der Waals surface area contributed by atoms with Crippen LogP contribution in [0.25, 0.3) is 22.4 Å². The lowest BCUT2D eigenvalue weighted by molar-refractivity contribution is 0.414. The van der Waals surface area contributed by atoms with Gasteiger partial charge in [0.2, 0.25) is 0 Å². The second-order valence-corrected chi connectivity index (χ2v) is 4.09. The molecule has 0 unspecified atom stereocenters. The van der Waals surface area contributed by atoms with Crippen LogP contribution >= 0.6 is 0 Å². The molecule has 3 aromatic rings. The first-order valence-electron chi connectivity index (χ1n) is 5.54. The number of benzene rings is 1. The molecule has 92 valence electrons. The number of hydrogen-bond donors (Lipinski definition) is 1. The van der Waals surface area contributed by atoms with Crippen LogP contribution in [-0.2, 0) is 7.05 Å². The van der Waals surface area contributed by atoms with Crippen LogP contribution in [0.5, 0.6) is 5.75 Å². The van der Waals surface area contributed by atoms with Gasteiger partial charge in [0, 0.05) is 18.5 Å². The molecular weight excluding hydrogens is 230 g/mol. The lowest BCUT2D eigenvalue weighted by Crippen LogP contribution is -1.94. The van der Waals surface area contributed by atoms with Crippen LogP contribution in [0.1, 0.15) is 0 Å². The highest BCUT2D eigenvalue weighted by atomic mass is 16.5. The second kappa shape index (κ2) is 3.80. The molecule has 2 aromatic heterocycles. The number of aromatic nitrogens is 2. The zero-order chi connectivity index (χ0) is 12.7. The van der Waals surface area contributed by atoms with Crippen molar-refractivity contribution in [3.8, 4) is 17.2 Å². The summed E-state index contributed by atoms with van der Waals surface area (Å²) in [6, 6.07) is 7.65. The predicted octanol–water partition coefficient (Wildman–Crippen LogP) is 2.42. The second-order valence-electron chi connectivity index (χ2n) is 4.09. The van der Waals surface area contributed by atoms with E-state index in [1.807, 2.05) is 31.3 Å². The molecule has 0 radical (unpaired) electrons. The van der Waals surface area contributed by atoms with Crippen molar-refractivity contribution in [3.05, 3.63) is 30.5 Å². The van der Waals surface area contributed by atoms with E-state index >= 15 is 0 Å². The number of anilines is 1. The van der Waals surface area contributed by atoms with E-state index in [9.17, 15) is 0 Å². The molecule has 0 aliphatic heterocycles. The van der Waals surface area contributed by atoms with Crippen LogP contribution in [-0.4, -0.2) is 16.9 Å². The maximum Gasteiger partial charge on any atom is 0.155 e. The van der Waals surface area contributed by atoms with Gasteiger partial charge in [0.05, 0.1) is 19.0 Å². The first kappa shape index (κ1) is 10.7. The first-order chi connectivity index (χ1) is 8.69. The van der Waals surface area contributed by atoms with E-state index in [-0.39, 0.29) is 0 Å². The molecule has 5 nitrogen and oxygen atoms in total. The Balaban J connectivity index is 2.19. The minimum atomic E-state index is 0.600. The van der Waals surface area contributed by atoms with Crippen LogP contribution in [0.2, 0.25) is 0 Å². The average Bonchev–Trinajstić information content (AvgIpc) is 2.91. The highest BCUT2D eigenvalue weighted by Gasteiger charge is 2.13. The van der Waals surface area contributed by atoms with Gasteiger partial charge in [0.1, 0.15) is 17.0 Å². The van der Waals surface area contributed by atoms with Crippen LogP contribution in [0.15, 0.2) is 34.9 Å². The number of ether oxygens (including phenoxy) is 1. The Bertz CT molecular complexity index is 693. The monoisotopic (exact) mass is 243 g/mol. The van der Waals surface area contributed by atoms with Crippen molar-refractivity contribution in [1.29, 1.82) is 0 Å². The van der Waals surface area contributed by atoms with Crippen molar-refractivity contribution in [3.63, 3.8) is 0 Å². The third-order valence-electron chi connectivity index (χ3n) is 2.93. The van der Waals surface area contributed by atoms with Gasteiger partial charge in [-0.3, -0.25) is 4.68 Å². The lowest BCUT2D eigenvalue weighted by atomic mass is 10.2.